The molecule has 174 valence electrons. The van der Waals surface area contributed by atoms with Crippen molar-refractivity contribution in [1.82, 2.24) is 14.9 Å². The van der Waals surface area contributed by atoms with E-state index < -0.39 is 11.6 Å². The molecule has 0 aliphatic carbocycles. The van der Waals surface area contributed by atoms with Gasteiger partial charge in [0.05, 0.1) is 23.1 Å². The van der Waals surface area contributed by atoms with E-state index >= 15 is 0 Å². The van der Waals surface area contributed by atoms with Gasteiger partial charge in [-0.15, -0.1) is 0 Å². The van der Waals surface area contributed by atoms with Gasteiger partial charge < -0.3 is 20.1 Å². The van der Waals surface area contributed by atoms with Gasteiger partial charge in [-0.2, -0.15) is 0 Å². The first kappa shape index (κ1) is 22.0. The minimum atomic E-state index is -0.933. The molecule has 3 heterocycles. The Labute approximate surface area is 194 Å². The number of pyridine rings is 1. The standard InChI is InChI=1S/C25H22F3N5O/c1-32-4-6-33(7-5-32)24-3-2-16(11-23(24)28)31-17-10-19-20(13-30-25(19)29-12-17)18-8-15(26)9-22(27)21(18)14-34/h2-3,8-14,31H,4-7H2,1H3,(H,29,30). The number of piperazine rings is 1. The SMILES string of the molecule is CN1CCN(c2ccc(Nc3cnc4[nH]cc(-c5cc(F)cc(F)c5C=O)c4c3)cc2F)CC1. The van der Waals surface area contributed by atoms with E-state index in [1.54, 1.807) is 30.6 Å². The van der Waals surface area contributed by atoms with Crippen LogP contribution in [0.15, 0.2) is 48.8 Å². The molecule has 2 aromatic carbocycles. The number of aldehydes is 1. The maximum Gasteiger partial charge on any atom is 0.153 e. The zero-order valence-corrected chi connectivity index (χ0v) is 18.4. The lowest BCUT2D eigenvalue weighted by molar-refractivity contribution is 0.112. The van der Waals surface area contributed by atoms with Crippen molar-refractivity contribution in [2.75, 3.05) is 43.4 Å². The molecule has 6 nitrogen and oxygen atoms in total. The van der Waals surface area contributed by atoms with Gasteiger partial charge in [-0.05, 0) is 37.4 Å². The molecule has 1 saturated heterocycles. The highest BCUT2D eigenvalue weighted by atomic mass is 19.1. The first-order valence-corrected chi connectivity index (χ1v) is 10.8. The summed E-state index contributed by atoms with van der Waals surface area (Å²) in [4.78, 5) is 23.0. The van der Waals surface area contributed by atoms with Gasteiger partial charge >= 0.3 is 0 Å². The summed E-state index contributed by atoms with van der Waals surface area (Å²) < 4.78 is 42.9. The highest BCUT2D eigenvalue weighted by molar-refractivity contribution is 6.00. The molecule has 4 aromatic rings. The smallest absolute Gasteiger partial charge is 0.153 e. The van der Waals surface area contributed by atoms with Crippen molar-refractivity contribution >= 4 is 34.4 Å². The molecule has 1 aliphatic heterocycles. The quantitative estimate of drug-likeness (QED) is 0.408. The molecule has 0 unspecified atom stereocenters. The van der Waals surface area contributed by atoms with E-state index in [-0.39, 0.29) is 16.9 Å². The van der Waals surface area contributed by atoms with Gasteiger partial charge in [-0.25, -0.2) is 18.2 Å². The van der Waals surface area contributed by atoms with Crippen LogP contribution in [0.5, 0.6) is 0 Å². The minimum Gasteiger partial charge on any atom is -0.367 e. The molecule has 34 heavy (non-hydrogen) atoms. The number of likely N-dealkylation sites (N-methyl/N-ethyl adjacent to an activating group) is 1. The third-order valence-electron chi connectivity index (χ3n) is 6.11. The van der Waals surface area contributed by atoms with Crippen molar-refractivity contribution in [2.24, 2.45) is 0 Å². The number of nitrogens with zero attached hydrogens (tertiary/aromatic N) is 3. The van der Waals surface area contributed by atoms with Gasteiger partial charge in [0.25, 0.3) is 0 Å². The van der Waals surface area contributed by atoms with Crippen molar-refractivity contribution in [3.05, 3.63) is 71.8 Å². The number of halogens is 3. The van der Waals surface area contributed by atoms with Crippen molar-refractivity contribution in [1.29, 1.82) is 0 Å². The monoisotopic (exact) mass is 465 g/mol. The van der Waals surface area contributed by atoms with E-state index in [9.17, 15) is 18.0 Å². The first-order chi connectivity index (χ1) is 16.4. The van der Waals surface area contributed by atoms with Gasteiger partial charge in [0, 0.05) is 60.6 Å². The number of rotatable bonds is 5. The van der Waals surface area contributed by atoms with E-state index in [1.807, 2.05) is 11.9 Å². The number of benzene rings is 2. The first-order valence-electron chi connectivity index (χ1n) is 10.8. The van der Waals surface area contributed by atoms with Crippen LogP contribution < -0.4 is 10.2 Å². The normalized spacial score (nSPS) is 14.5. The molecule has 0 bridgehead atoms. The minimum absolute atomic E-state index is 0.125. The Morgan fingerprint density at radius 2 is 1.76 bits per heavy atom. The predicted octanol–water partition coefficient (Wildman–Crippen LogP) is 4.96. The van der Waals surface area contributed by atoms with E-state index in [1.165, 1.54) is 6.07 Å². The van der Waals surface area contributed by atoms with E-state index in [0.29, 0.717) is 46.0 Å². The Balaban J connectivity index is 1.45. The summed E-state index contributed by atoms with van der Waals surface area (Å²) in [5, 5.41) is 3.70. The lowest BCUT2D eigenvalue weighted by Crippen LogP contribution is -2.44. The van der Waals surface area contributed by atoms with E-state index in [2.05, 4.69) is 20.2 Å². The highest BCUT2D eigenvalue weighted by Crippen LogP contribution is 2.34. The predicted molar refractivity (Wildman–Crippen MR) is 126 cm³/mol. The van der Waals surface area contributed by atoms with Crippen LogP contribution in [0, 0.1) is 17.5 Å². The Morgan fingerprint density at radius 3 is 2.50 bits per heavy atom. The summed E-state index contributed by atoms with van der Waals surface area (Å²) in [6.07, 6.45) is 3.48. The number of hydrogen-bond acceptors (Lipinski definition) is 5. The third kappa shape index (κ3) is 4.10. The average Bonchev–Trinajstić information content (AvgIpc) is 3.23. The molecule has 1 aliphatic rings. The van der Waals surface area contributed by atoms with Gasteiger partial charge in [0.15, 0.2) is 6.29 Å². The van der Waals surface area contributed by atoms with Crippen LogP contribution in [0.1, 0.15) is 10.4 Å². The average molecular weight is 465 g/mol. The maximum absolute atomic E-state index is 14.9. The van der Waals surface area contributed by atoms with Crippen molar-refractivity contribution in [3.63, 3.8) is 0 Å². The van der Waals surface area contributed by atoms with Crippen molar-refractivity contribution in [3.8, 4) is 11.1 Å². The third-order valence-corrected chi connectivity index (χ3v) is 6.11. The molecule has 9 heteroatoms. The largest absolute Gasteiger partial charge is 0.367 e. The molecule has 0 amide bonds. The summed E-state index contributed by atoms with van der Waals surface area (Å²) in [5.41, 5.74) is 2.47. The number of aromatic amines is 1. The summed E-state index contributed by atoms with van der Waals surface area (Å²) in [6, 6.07) is 8.50. The van der Waals surface area contributed by atoms with Crippen LogP contribution in [0.2, 0.25) is 0 Å². The van der Waals surface area contributed by atoms with Crippen LogP contribution in [-0.4, -0.2) is 54.4 Å². The second kappa shape index (κ2) is 8.83. The molecule has 0 radical (unpaired) electrons. The molecular formula is C25H22F3N5O. The van der Waals surface area contributed by atoms with Crippen LogP contribution in [0.3, 0.4) is 0 Å². The van der Waals surface area contributed by atoms with Crippen LogP contribution in [0.4, 0.5) is 30.2 Å². The molecule has 2 aromatic heterocycles. The van der Waals surface area contributed by atoms with Crippen LogP contribution in [-0.2, 0) is 0 Å². The number of anilines is 3. The topological polar surface area (TPSA) is 64.3 Å². The van der Waals surface area contributed by atoms with E-state index in [0.717, 1.165) is 32.2 Å². The zero-order valence-electron chi connectivity index (χ0n) is 18.4. The van der Waals surface area contributed by atoms with Crippen LogP contribution in [0.25, 0.3) is 22.2 Å². The molecule has 5 rings (SSSR count). The van der Waals surface area contributed by atoms with Crippen LogP contribution >= 0.6 is 0 Å². The summed E-state index contributed by atoms with van der Waals surface area (Å²) >= 11 is 0. The lowest BCUT2D eigenvalue weighted by atomic mass is 9.99. The number of aromatic nitrogens is 2. The fourth-order valence-corrected chi connectivity index (χ4v) is 4.28. The van der Waals surface area contributed by atoms with Gasteiger partial charge in [-0.1, -0.05) is 0 Å². The Morgan fingerprint density at radius 1 is 0.971 bits per heavy atom. The Kier molecular flexibility index (Phi) is 5.70. The Hall–Kier alpha value is -3.85. The molecule has 0 spiro atoms. The number of nitrogens with one attached hydrogen (secondary N) is 2. The maximum atomic E-state index is 14.9. The highest BCUT2D eigenvalue weighted by Gasteiger charge is 2.19. The van der Waals surface area contributed by atoms with Crippen molar-refractivity contribution < 1.29 is 18.0 Å². The summed E-state index contributed by atoms with van der Waals surface area (Å²) in [6.45, 7) is 3.29. The van der Waals surface area contributed by atoms with Gasteiger partial charge in [0.1, 0.15) is 23.1 Å². The van der Waals surface area contributed by atoms with Crippen molar-refractivity contribution in [2.45, 2.75) is 0 Å². The molecular weight excluding hydrogens is 443 g/mol. The van der Waals surface area contributed by atoms with Gasteiger partial charge in [-0.3, -0.25) is 4.79 Å². The second-order valence-corrected chi connectivity index (χ2v) is 8.37. The lowest BCUT2D eigenvalue weighted by Gasteiger charge is -2.34. The summed E-state index contributed by atoms with van der Waals surface area (Å²) in [5.74, 6) is -2.04. The fraction of sp³-hybridized carbons (Fsp3) is 0.200. The number of hydrogen-bond donors (Lipinski definition) is 2. The molecule has 1 fully saturated rings. The summed E-state index contributed by atoms with van der Waals surface area (Å²) in [7, 11) is 2.05. The number of carbonyl (C=O) groups is 1. The molecule has 0 saturated carbocycles. The number of carbonyl (C=O) groups excluding carboxylic acids is 1. The number of fused-ring (bicyclic) bond motifs is 1. The number of H-pyrrole nitrogens is 1. The molecule has 0 atom stereocenters. The Bertz CT molecular complexity index is 1380. The van der Waals surface area contributed by atoms with E-state index in [4.69, 9.17) is 0 Å². The fourth-order valence-electron chi connectivity index (χ4n) is 4.28. The van der Waals surface area contributed by atoms with Gasteiger partial charge in [0.2, 0.25) is 0 Å². The second-order valence-electron chi connectivity index (χ2n) is 8.37. The molecule has 2 N–H and O–H groups in total. The zero-order chi connectivity index (χ0) is 23.8.